The SMILES string of the molecule is Cc1cc2c(NCCCc3ccc(C4=CC(C(F)(F)F)NC=C4)cc3)nc(-c3ccoc3)nc2s1. The summed E-state index contributed by atoms with van der Waals surface area (Å²) in [6, 6.07) is 9.95. The van der Waals surface area contributed by atoms with E-state index in [0.29, 0.717) is 11.4 Å². The highest BCUT2D eigenvalue weighted by Crippen LogP contribution is 2.31. The van der Waals surface area contributed by atoms with E-state index in [4.69, 9.17) is 9.40 Å². The fourth-order valence-corrected chi connectivity index (χ4v) is 4.85. The first-order valence-electron chi connectivity index (χ1n) is 11.2. The van der Waals surface area contributed by atoms with Gasteiger partial charge in [-0.05, 0) is 67.0 Å². The monoisotopic (exact) mass is 496 g/mol. The Balaban J connectivity index is 1.22. The largest absolute Gasteiger partial charge is 0.472 e. The van der Waals surface area contributed by atoms with E-state index in [0.717, 1.165) is 52.1 Å². The molecular weight excluding hydrogens is 473 g/mol. The van der Waals surface area contributed by atoms with Crippen LogP contribution in [0.4, 0.5) is 19.0 Å². The zero-order valence-electron chi connectivity index (χ0n) is 18.9. The quantitative estimate of drug-likeness (QED) is 0.278. The van der Waals surface area contributed by atoms with Gasteiger partial charge in [-0.3, -0.25) is 0 Å². The van der Waals surface area contributed by atoms with E-state index in [1.54, 1.807) is 29.9 Å². The zero-order valence-corrected chi connectivity index (χ0v) is 19.7. The maximum Gasteiger partial charge on any atom is 0.412 e. The van der Waals surface area contributed by atoms with Gasteiger partial charge in [0.15, 0.2) is 5.82 Å². The number of hydrogen-bond donors (Lipinski definition) is 2. The van der Waals surface area contributed by atoms with Crippen LogP contribution in [0.3, 0.4) is 0 Å². The maximum atomic E-state index is 13.0. The van der Waals surface area contributed by atoms with Crippen molar-refractivity contribution in [3.05, 3.63) is 83.3 Å². The number of halogens is 3. The average molecular weight is 497 g/mol. The third kappa shape index (κ3) is 5.24. The summed E-state index contributed by atoms with van der Waals surface area (Å²) < 4.78 is 44.2. The molecule has 0 amide bonds. The molecular formula is C26H23F3N4OS. The first kappa shape index (κ1) is 23.2. The molecule has 4 heterocycles. The molecule has 9 heteroatoms. The lowest BCUT2D eigenvalue weighted by Crippen LogP contribution is -2.39. The van der Waals surface area contributed by atoms with E-state index in [2.05, 4.69) is 28.6 Å². The topological polar surface area (TPSA) is 63.0 Å². The van der Waals surface area contributed by atoms with E-state index in [1.165, 1.54) is 17.2 Å². The molecule has 1 aromatic carbocycles. The van der Waals surface area contributed by atoms with Crippen LogP contribution in [0.1, 0.15) is 22.4 Å². The molecule has 0 fully saturated rings. The molecule has 35 heavy (non-hydrogen) atoms. The van der Waals surface area contributed by atoms with E-state index in [-0.39, 0.29) is 0 Å². The molecule has 0 bridgehead atoms. The second kappa shape index (κ2) is 9.58. The molecule has 0 aliphatic carbocycles. The second-order valence-electron chi connectivity index (χ2n) is 8.35. The summed E-state index contributed by atoms with van der Waals surface area (Å²) in [5, 5.41) is 6.79. The van der Waals surface area contributed by atoms with Gasteiger partial charge in [-0.1, -0.05) is 24.3 Å². The first-order chi connectivity index (χ1) is 16.9. The van der Waals surface area contributed by atoms with Crippen molar-refractivity contribution in [2.24, 2.45) is 0 Å². The Labute approximate surface area is 204 Å². The number of dihydropyridines is 1. The number of anilines is 1. The predicted octanol–water partition coefficient (Wildman–Crippen LogP) is 6.74. The van der Waals surface area contributed by atoms with Gasteiger partial charge in [-0.25, -0.2) is 9.97 Å². The van der Waals surface area contributed by atoms with Gasteiger partial charge in [-0.2, -0.15) is 13.2 Å². The average Bonchev–Trinajstić information content (AvgIpc) is 3.51. The van der Waals surface area contributed by atoms with E-state index in [9.17, 15) is 13.2 Å². The minimum absolute atomic E-state index is 0.562. The normalized spacial score (nSPS) is 15.8. The van der Waals surface area contributed by atoms with Gasteiger partial charge in [0.25, 0.3) is 0 Å². The molecule has 1 aliphatic rings. The summed E-state index contributed by atoms with van der Waals surface area (Å²) in [5.74, 6) is 1.43. The minimum atomic E-state index is -4.32. The molecule has 0 saturated heterocycles. The Morgan fingerprint density at radius 2 is 1.94 bits per heavy atom. The van der Waals surface area contributed by atoms with Gasteiger partial charge in [0, 0.05) is 11.4 Å². The molecule has 5 nitrogen and oxygen atoms in total. The van der Waals surface area contributed by atoms with Crippen molar-refractivity contribution in [1.82, 2.24) is 15.3 Å². The molecule has 0 radical (unpaired) electrons. The lowest BCUT2D eigenvalue weighted by atomic mass is 9.98. The van der Waals surface area contributed by atoms with Gasteiger partial charge in [-0.15, -0.1) is 11.3 Å². The third-order valence-electron chi connectivity index (χ3n) is 5.75. The Morgan fingerprint density at radius 1 is 1.11 bits per heavy atom. The predicted molar refractivity (Wildman–Crippen MR) is 133 cm³/mol. The zero-order chi connectivity index (χ0) is 24.4. The number of nitrogens with one attached hydrogen (secondary N) is 2. The van der Waals surface area contributed by atoms with Crippen molar-refractivity contribution < 1.29 is 17.6 Å². The Hall–Kier alpha value is -3.59. The fourth-order valence-electron chi connectivity index (χ4n) is 3.97. The van der Waals surface area contributed by atoms with Crippen LogP contribution >= 0.6 is 11.3 Å². The molecule has 4 aromatic rings. The van der Waals surface area contributed by atoms with Gasteiger partial charge >= 0.3 is 6.18 Å². The third-order valence-corrected chi connectivity index (χ3v) is 6.70. The molecule has 0 spiro atoms. The number of aryl methyl sites for hydroxylation is 2. The van der Waals surface area contributed by atoms with Crippen LogP contribution in [0.15, 0.2) is 71.7 Å². The second-order valence-corrected chi connectivity index (χ2v) is 9.59. The van der Waals surface area contributed by atoms with Crippen molar-refractivity contribution in [3.8, 4) is 11.4 Å². The van der Waals surface area contributed by atoms with Crippen LogP contribution in [0.25, 0.3) is 27.2 Å². The van der Waals surface area contributed by atoms with Gasteiger partial charge in [0.1, 0.15) is 23.0 Å². The van der Waals surface area contributed by atoms with Crippen LogP contribution < -0.4 is 10.6 Å². The van der Waals surface area contributed by atoms with Crippen LogP contribution in [0.2, 0.25) is 0 Å². The number of aromatic nitrogens is 2. The number of rotatable bonds is 7. The van der Waals surface area contributed by atoms with Gasteiger partial charge < -0.3 is 15.1 Å². The number of hydrogen-bond acceptors (Lipinski definition) is 6. The highest BCUT2D eigenvalue weighted by atomic mass is 32.1. The van der Waals surface area contributed by atoms with Crippen molar-refractivity contribution in [2.75, 3.05) is 11.9 Å². The highest BCUT2D eigenvalue weighted by Gasteiger charge is 2.38. The van der Waals surface area contributed by atoms with Crippen molar-refractivity contribution >= 4 is 32.9 Å². The van der Waals surface area contributed by atoms with Gasteiger partial charge in [0.2, 0.25) is 0 Å². The molecule has 5 rings (SSSR count). The summed E-state index contributed by atoms with van der Waals surface area (Å²) >= 11 is 1.63. The van der Waals surface area contributed by atoms with E-state index in [1.807, 2.05) is 30.3 Å². The van der Waals surface area contributed by atoms with Crippen molar-refractivity contribution in [3.63, 3.8) is 0 Å². The smallest absolute Gasteiger partial charge is 0.412 e. The van der Waals surface area contributed by atoms with Crippen LogP contribution in [0.5, 0.6) is 0 Å². The van der Waals surface area contributed by atoms with Crippen molar-refractivity contribution in [2.45, 2.75) is 32.0 Å². The van der Waals surface area contributed by atoms with Gasteiger partial charge in [0.05, 0.1) is 17.2 Å². The Kier molecular flexibility index (Phi) is 6.34. The lowest BCUT2D eigenvalue weighted by Gasteiger charge is -2.21. The van der Waals surface area contributed by atoms with Crippen LogP contribution in [0, 0.1) is 6.92 Å². The number of allylic oxidation sites excluding steroid dienone is 2. The fraction of sp³-hybridized carbons (Fsp3) is 0.231. The van der Waals surface area contributed by atoms with Crippen LogP contribution in [-0.4, -0.2) is 28.7 Å². The highest BCUT2D eigenvalue weighted by molar-refractivity contribution is 7.18. The molecule has 0 saturated carbocycles. The van der Waals surface area contributed by atoms with E-state index < -0.39 is 12.2 Å². The summed E-state index contributed by atoms with van der Waals surface area (Å²) in [7, 11) is 0. The molecule has 2 N–H and O–H groups in total. The number of nitrogens with zero attached hydrogens (tertiary/aromatic N) is 2. The first-order valence-corrected chi connectivity index (χ1v) is 12.0. The van der Waals surface area contributed by atoms with E-state index >= 15 is 0 Å². The summed E-state index contributed by atoms with van der Waals surface area (Å²) in [6.45, 7) is 2.77. The molecule has 1 atom stereocenters. The lowest BCUT2D eigenvalue weighted by molar-refractivity contribution is -0.142. The Bertz CT molecular complexity index is 1370. The number of benzene rings is 1. The summed E-state index contributed by atoms with van der Waals surface area (Å²) in [4.78, 5) is 11.5. The number of thiophene rings is 1. The van der Waals surface area contributed by atoms with Crippen molar-refractivity contribution in [1.29, 1.82) is 0 Å². The minimum Gasteiger partial charge on any atom is -0.472 e. The number of furan rings is 1. The Morgan fingerprint density at radius 3 is 2.69 bits per heavy atom. The summed E-state index contributed by atoms with van der Waals surface area (Å²) in [6.07, 6.45) is 4.85. The summed E-state index contributed by atoms with van der Waals surface area (Å²) in [5.41, 5.74) is 3.29. The molecule has 1 unspecified atom stereocenters. The molecule has 1 aliphatic heterocycles. The number of fused-ring (bicyclic) bond motifs is 1. The van der Waals surface area contributed by atoms with Crippen LogP contribution in [-0.2, 0) is 6.42 Å². The molecule has 3 aromatic heterocycles. The molecule has 180 valence electrons. The standard InChI is InChI=1S/C26H23F3N4OS/c1-16-13-21-24(32-23(33-25(21)35-16)20-9-12-34-15-20)31-10-2-3-17-4-6-18(7-5-17)19-8-11-30-22(14-19)26(27,28)29/h4-9,11-15,22,30H,2-3,10H2,1H3,(H,31,32,33). The number of alkyl halides is 3. The maximum absolute atomic E-state index is 13.0.